The molecule has 0 unspecified atom stereocenters. The maximum absolute atomic E-state index is 12.5. The minimum atomic E-state index is -0.0502. The summed E-state index contributed by atoms with van der Waals surface area (Å²) in [5, 5.41) is 3.88. The van der Waals surface area contributed by atoms with Crippen LogP contribution in [0.5, 0.6) is 5.88 Å². The molecule has 1 aliphatic carbocycles. The van der Waals surface area contributed by atoms with Crippen LogP contribution in [0.1, 0.15) is 36.0 Å². The Balaban J connectivity index is 1.51. The summed E-state index contributed by atoms with van der Waals surface area (Å²) in [6.45, 7) is 0. The third-order valence-electron chi connectivity index (χ3n) is 4.05. The highest BCUT2D eigenvalue weighted by atomic mass is 32.2. The van der Waals surface area contributed by atoms with Crippen molar-refractivity contribution in [1.29, 1.82) is 0 Å². The van der Waals surface area contributed by atoms with Crippen molar-refractivity contribution in [3.05, 3.63) is 42.5 Å². The van der Waals surface area contributed by atoms with Crippen molar-refractivity contribution in [2.45, 2.75) is 42.9 Å². The second-order valence-corrected chi connectivity index (χ2v) is 6.46. The molecule has 0 saturated heterocycles. The van der Waals surface area contributed by atoms with E-state index in [1.165, 1.54) is 11.8 Å². The summed E-state index contributed by atoms with van der Waals surface area (Å²) in [5.41, 5.74) is 0.642. The SMILES string of the molecule is CSc1ncccc1C(=O)NC1CCC(Oc2cnccn2)CC1. The lowest BCUT2D eigenvalue weighted by molar-refractivity contribution is 0.0886. The van der Waals surface area contributed by atoms with E-state index in [-0.39, 0.29) is 18.1 Å². The lowest BCUT2D eigenvalue weighted by Gasteiger charge is -2.29. The minimum Gasteiger partial charge on any atom is -0.473 e. The Hall–Kier alpha value is -2.15. The number of nitrogens with zero attached hydrogens (tertiary/aromatic N) is 3. The summed E-state index contributed by atoms with van der Waals surface area (Å²) in [6.07, 6.45) is 12.2. The fourth-order valence-corrected chi connectivity index (χ4v) is 3.38. The van der Waals surface area contributed by atoms with Crippen molar-refractivity contribution >= 4 is 17.7 Å². The lowest BCUT2D eigenvalue weighted by atomic mass is 9.93. The largest absolute Gasteiger partial charge is 0.473 e. The third kappa shape index (κ3) is 4.23. The van der Waals surface area contributed by atoms with Gasteiger partial charge in [-0.2, -0.15) is 0 Å². The van der Waals surface area contributed by atoms with E-state index in [2.05, 4.69) is 20.3 Å². The molecule has 126 valence electrons. The molecule has 0 bridgehead atoms. The number of amides is 1. The molecule has 2 aromatic rings. The number of rotatable bonds is 5. The molecule has 3 rings (SSSR count). The lowest BCUT2D eigenvalue weighted by Crippen LogP contribution is -2.40. The van der Waals surface area contributed by atoms with Crippen LogP contribution in [0.3, 0.4) is 0 Å². The summed E-state index contributed by atoms with van der Waals surface area (Å²) >= 11 is 1.48. The molecular formula is C17H20N4O2S. The quantitative estimate of drug-likeness (QED) is 0.841. The number of aromatic nitrogens is 3. The Kier molecular flexibility index (Phi) is 5.63. The molecule has 0 aromatic carbocycles. The number of ether oxygens (including phenoxy) is 1. The highest BCUT2D eigenvalue weighted by molar-refractivity contribution is 7.98. The molecule has 1 aliphatic rings. The number of hydrogen-bond donors (Lipinski definition) is 1. The van der Waals surface area contributed by atoms with Gasteiger partial charge in [-0.05, 0) is 44.1 Å². The Morgan fingerprint density at radius 3 is 2.75 bits per heavy atom. The van der Waals surface area contributed by atoms with E-state index in [9.17, 15) is 4.79 Å². The molecule has 2 heterocycles. The first-order chi connectivity index (χ1) is 11.8. The molecule has 1 amide bonds. The maximum atomic E-state index is 12.5. The van der Waals surface area contributed by atoms with E-state index in [4.69, 9.17) is 4.74 Å². The van der Waals surface area contributed by atoms with Gasteiger partial charge in [-0.25, -0.2) is 9.97 Å². The zero-order valence-electron chi connectivity index (χ0n) is 13.5. The van der Waals surface area contributed by atoms with Gasteiger partial charge < -0.3 is 10.1 Å². The molecule has 1 N–H and O–H groups in total. The van der Waals surface area contributed by atoms with Crippen LogP contribution in [0.25, 0.3) is 0 Å². The van der Waals surface area contributed by atoms with Gasteiger partial charge in [0.05, 0.1) is 11.8 Å². The average molecular weight is 344 g/mol. The number of carbonyl (C=O) groups is 1. The smallest absolute Gasteiger partial charge is 0.254 e. The summed E-state index contributed by atoms with van der Waals surface area (Å²) in [4.78, 5) is 24.8. The normalized spacial score (nSPS) is 20.4. The van der Waals surface area contributed by atoms with Gasteiger partial charge in [0.2, 0.25) is 5.88 Å². The third-order valence-corrected chi connectivity index (χ3v) is 4.76. The molecule has 0 atom stereocenters. The minimum absolute atomic E-state index is 0.0502. The predicted molar refractivity (Wildman–Crippen MR) is 92.2 cm³/mol. The second-order valence-electron chi connectivity index (χ2n) is 5.67. The molecule has 7 heteroatoms. The number of nitrogens with one attached hydrogen (secondary N) is 1. The van der Waals surface area contributed by atoms with Gasteiger partial charge in [-0.15, -0.1) is 11.8 Å². The van der Waals surface area contributed by atoms with Crippen LogP contribution < -0.4 is 10.1 Å². The molecule has 1 fully saturated rings. The van der Waals surface area contributed by atoms with Crippen molar-refractivity contribution in [2.24, 2.45) is 0 Å². The average Bonchev–Trinajstić information content (AvgIpc) is 2.64. The molecule has 6 nitrogen and oxygen atoms in total. The fourth-order valence-electron chi connectivity index (χ4n) is 2.83. The van der Waals surface area contributed by atoms with Crippen LogP contribution in [0.4, 0.5) is 0 Å². The van der Waals surface area contributed by atoms with Crippen molar-refractivity contribution in [3.63, 3.8) is 0 Å². The van der Waals surface area contributed by atoms with Crippen molar-refractivity contribution in [2.75, 3.05) is 6.26 Å². The van der Waals surface area contributed by atoms with Crippen LogP contribution in [0, 0.1) is 0 Å². The first kappa shape index (κ1) is 16.7. The molecule has 0 aliphatic heterocycles. The van der Waals surface area contributed by atoms with Gasteiger partial charge in [0, 0.05) is 24.6 Å². The molecule has 0 radical (unpaired) electrons. The van der Waals surface area contributed by atoms with Gasteiger partial charge in [-0.3, -0.25) is 9.78 Å². The van der Waals surface area contributed by atoms with Crippen LogP contribution in [-0.4, -0.2) is 39.3 Å². The molecule has 2 aromatic heterocycles. The van der Waals surface area contributed by atoms with Gasteiger partial charge in [0.1, 0.15) is 11.1 Å². The van der Waals surface area contributed by atoms with Crippen LogP contribution in [-0.2, 0) is 0 Å². The van der Waals surface area contributed by atoms with E-state index in [1.807, 2.05) is 12.3 Å². The van der Waals surface area contributed by atoms with E-state index >= 15 is 0 Å². The molecule has 24 heavy (non-hydrogen) atoms. The monoisotopic (exact) mass is 344 g/mol. The van der Waals surface area contributed by atoms with E-state index in [0.29, 0.717) is 11.4 Å². The molecule has 1 saturated carbocycles. The van der Waals surface area contributed by atoms with Gasteiger partial charge in [-0.1, -0.05) is 0 Å². The topological polar surface area (TPSA) is 77.0 Å². The number of thioether (sulfide) groups is 1. The Morgan fingerprint density at radius 2 is 2.04 bits per heavy atom. The fraction of sp³-hybridized carbons (Fsp3) is 0.412. The standard InChI is InChI=1S/C17H20N4O2S/c1-24-17-14(3-2-8-20-17)16(22)21-12-4-6-13(7-5-12)23-15-11-18-9-10-19-15/h2-3,8-13H,4-7H2,1H3,(H,21,22). The molecule has 0 spiro atoms. The van der Waals surface area contributed by atoms with Crippen LogP contribution >= 0.6 is 11.8 Å². The van der Waals surface area contributed by atoms with Gasteiger partial charge >= 0.3 is 0 Å². The predicted octanol–water partition coefficient (Wildman–Crippen LogP) is 2.71. The van der Waals surface area contributed by atoms with Crippen molar-refractivity contribution < 1.29 is 9.53 Å². The second kappa shape index (κ2) is 8.10. The Morgan fingerprint density at radius 1 is 1.21 bits per heavy atom. The van der Waals surface area contributed by atoms with Crippen molar-refractivity contribution in [3.8, 4) is 5.88 Å². The maximum Gasteiger partial charge on any atom is 0.254 e. The van der Waals surface area contributed by atoms with E-state index < -0.39 is 0 Å². The first-order valence-electron chi connectivity index (χ1n) is 7.99. The number of carbonyl (C=O) groups excluding carboxylic acids is 1. The van der Waals surface area contributed by atoms with Crippen molar-refractivity contribution in [1.82, 2.24) is 20.3 Å². The van der Waals surface area contributed by atoms with Gasteiger partial charge in [0.25, 0.3) is 5.91 Å². The number of pyridine rings is 1. The zero-order chi connectivity index (χ0) is 16.8. The highest BCUT2D eigenvalue weighted by Gasteiger charge is 2.25. The summed E-state index contributed by atoms with van der Waals surface area (Å²) < 4.78 is 5.83. The Bertz CT molecular complexity index is 675. The van der Waals surface area contributed by atoms with Gasteiger partial charge in [0.15, 0.2) is 0 Å². The first-order valence-corrected chi connectivity index (χ1v) is 9.21. The highest BCUT2D eigenvalue weighted by Crippen LogP contribution is 2.23. The summed E-state index contributed by atoms with van der Waals surface area (Å²) in [6, 6.07) is 3.78. The van der Waals surface area contributed by atoms with E-state index in [0.717, 1.165) is 30.7 Å². The van der Waals surface area contributed by atoms with Crippen LogP contribution in [0.2, 0.25) is 0 Å². The number of hydrogen-bond acceptors (Lipinski definition) is 6. The molecular weight excluding hydrogens is 324 g/mol. The Labute approximate surface area is 145 Å². The van der Waals surface area contributed by atoms with E-state index in [1.54, 1.807) is 30.9 Å². The summed E-state index contributed by atoms with van der Waals surface area (Å²) in [5.74, 6) is 0.510. The van der Waals surface area contributed by atoms with Crippen LogP contribution in [0.15, 0.2) is 41.9 Å². The summed E-state index contributed by atoms with van der Waals surface area (Å²) in [7, 11) is 0. The zero-order valence-corrected chi connectivity index (χ0v) is 14.3.